The Morgan fingerprint density at radius 2 is 1.83 bits per heavy atom. The number of ether oxygens (including phenoxy) is 2. The molecule has 0 bridgehead atoms. The molecule has 6 heteroatoms. The van der Waals surface area contributed by atoms with Crippen molar-refractivity contribution in [2.24, 2.45) is 5.92 Å². The molecule has 0 radical (unpaired) electrons. The smallest absolute Gasteiger partial charge is 0.307 e. The van der Waals surface area contributed by atoms with Crippen molar-refractivity contribution in [3.63, 3.8) is 0 Å². The van der Waals surface area contributed by atoms with Gasteiger partial charge >= 0.3 is 11.9 Å². The molecule has 0 aliphatic carbocycles. The van der Waals surface area contributed by atoms with E-state index in [2.05, 4.69) is 0 Å². The summed E-state index contributed by atoms with van der Waals surface area (Å²) in [4.78, 5) is 39.6. The molecule has 0 saturated heterocycles. The maximum atomic E-state index is 13.3. The lowest BCUT2D eigenvalue weighted by Gasteiger charge is -2.34. The Kier molecular flexibility index (Phi) is 8.21. The molecule has 0 aromatic heterocycles. The molecule has 2 rings (SSSR count). The first-order valence-corrected chi connectivity index (χ1v) is 10.5. The lowest BCUT2D eigenvalue weighted by molar-refractivity contribution is -0.160. The number of carbonyl (C=O) groups is 3. The number of benzene rings is 1. The van der Waals surface area contributed by atoms with Crippen LogP contribution in [0.15, 0.2) is 42.5 Å². The van der Waals surface area contributed by atoms with E-state index in [1.54, 1.807) is 32.7 Å². The number of hydrogen-bond acceptors (Lipinski definition) is 5. The van der Waals surface area contributed by atoms with Crippen LogP contribution < -0.4 is 0 Å². The molecule has 0 spiro atoms. The molecule has 0 fully saturated rings. The van der Waals surface area contributed by atoms with Crippen molar-refractivity contribution in [2.75, 3.05) is 7.05 Å². The lowest BCUT2D eigenvalue weighted by atomic mass is 9.96. The van der Waals surface area contributed by atoms with Crippen LogP contribution in [0, 0.1) is 5.92 Å². The first-order chi connectivity index (χ1) is 14.1. The SMILES string of the molecule is C[C@H]1[C@@H](c2ccccc2)OC(=O)CC/C=C/C[C@@H](CC(=O)OC(C)(C)C)C(=O)N1C. The number of rotatable bonds is 3. The van der Waals surface area contributed by atoms with E-state index in [1.807, 2.05) is 49.4 Å². The number of nitrogens with zero attached hydrogens (tertiary/aromatic N) is 1. The predicted molar refractivity (Wildman–Crippen MR) is 114 cm³/mol. The van der Waals surface area contributed by atoms with Crippen LogP contribution in [-0.4, -0.2) is 41.4 Å². The molecule has 3 atom stereocenters. The largest absolute Gasteiger partial charge is 0.460 e. The van der Waals surface area contributed by atoms with E-state index in [9.17, 15) is 14.4 Å². The summed E-state index contributed by atoms with van der Waals surface area (Å²) in [7, 11) is 1.69. The molecular formula is C24H33NO5. The average molecular weight is 416 g/mol. The highest BCUT2D eigenvalue weighted by atomic mass is 16.6. The molecular weight excluding hydrogens is 382 g/mol. The third-order valence-corrected chi connectivity index (χ3v) is 5.07. The summed E-state index contributed by atoms with van der Waals surface area (Å²) in [6.45, 7) is 7.27. The van der Waals surface area contributed by atoms with E-state index in [1.165, 1.54) is 0 Å². The minimum Gasteiger partial charge on any atom is -0.460 e. The van der Waals surface area contributed by atoms with Crippen molar-refractivity contribution in [1.29, 1.82) is 0 Å². The molecule has 0 N–H and O–H groups in total. The number of allylic oxidation sites excluding steroid dienone is 2. The van der Waals surface area contributed by atoms with Gasteiger partial charge in [0.1, 0.15) is 11.7 Å². The van der Waals surface area contributed by atoms with Crippen LogP contribution in [0.2, 0.25) is 0 Å². The summed E-state index contributed by atoms with van der Waals surface area (Å²) in [5, 5.41) is 0. The van der Waals surface area contributed by atoms with Gasteiger partial charge in [0, 0.05) is 13.5 Å². The van der Waals surface area contributed by atoms with Crippen molar-refractivity contribution in [3.8, 4) is 0 Å². The summed E-state index contributed by atoms with van der Waals surface area (Å²) in [5.74, 6) is -1.40. The van der Waals surface area contributed by atoms with Gasteiger partial charge in [-0.3, -0.25) is 14.4 Å². The van der Waals surface area contributed by atoms with Crippen LogP contribution >= 0.6 is 0 Å². The van der Waals surface area contributed by atoms with E-state index >= 15 is 0 Å². The van der Waals surface area contributed by atoms with Crippen LogP contribution in [-0.2, 0) is 23.9 Å². The van der Waals surface area contributed by atoms with Gasteiger partial charge in [0.05, 0.1) is 18.4 Å². The maximum absolute atomic E-state index is 13.3. The van der Waals surface area contributed by atoms with E-state index < -0.39 is 29.6 Å². The van der Waals surface area contributed by atoms with Crippen molar-refractivity contribution < 1.29 is 23.9 Å². The van der Waals surface area contributed by atoms with Gasteiger partial charge in [-0.15, -0.1) is 0 Å². The standard InChI is InChI=1S/C24H33NO5/c1-17-22(18-12-8-6-9-13-18)29-20(26)15-11-7-10-14-19(23(28)25(17)5)16-21(27)30-24(2,3)4/h6-10,12-13,17,19,22H,11,14-16H2,1-5H3/b10-7+/t17-,19-,22-/m0/s1. The second-order valence-corrected chi connectivity index (χ2v) is 8.74. The topological polar surface area (TPSA) is 72.9 Å². The molecule has 0 saturated carbocycles. The van der Waals surface area contributed by atoms with E-state index in [0.717, 1.165) is 5.56 Å². The normalized spacial score (nSPS) is 25.0. The molecule has 1 aromatic carbocycles. The van der Waals surface area contributed by atoms with Crippen LogP contribution in [0.5, 0.6) is 0 Å². The van der Waals surface area contributed by atoms with Gasteiger partial charge in [0.2, 0.25) is 5.91 Å². The zero-order chi connectivity index (χ0) is 22.3. The highest BCUT2D eigenvalue weighted by Crippen LogP contribution is 2.28. The number of likely N-dealkylation sites (N-methyl/N-ethyl adjacent to an activating group) is 1. The first-order valence-electron chi connectivity index (χ1n) is 10.5. The first kappa shape index (κ1) is 23.6. The van der Waals surface area contributed by atoms with Crippen molar-refractivity contribution in [3.05, 3.63) is 48.0 Å². The molecule has 0 unspecified atom stereocenters. The van der Waals surface area contributed by atoms with Crippen LogP contribution in [0.25, 0.3) is 0 Å². The average Bonchev–Trinajstić information content (AvgIpc) is 2.68. The number of hydrogen-bond donors (Lipinski definition) is 0. The van der Waals surface area contributed by atoms with Gasteiger partial charge in [-0.1, -0.05) is 42.5 Å². The quantitative estimate of drug-likeness (QED) is 0.546. The van der Waals surface area contributed by atoms with Crippen molar-refractivity contribution >= 4 is 17.8 Å². The number of carbonyl (C=O) groups excluding carboxylic acids is 3. The third kappa shape index (κ3) is 7.01. The molecule has 1 amide bonds. The minimum atomic E-state index is -0.604. The Morgan fingerprint density at radius 3 is 2.47 bits per heavy atom. The van der Waals surface area contributed by atoms with E-state index in [-0.39, 0.29) is 24.7 Å². The van der Waals surface area contributed by atoms with E-state index in [4.69, 9.17) is 9.47 Å². The molecule has 30 heavy (non-hydrogen) atoms. The molecule has 6 nitrogen and oxygen atoms in total. The van der Waals surface area contributed by atoms with Gasteiger partial charge < -0.3 is 14.4 Å². The molecule has 1 aliphatic heterocycles. The second kappa shape index (κ2) is 10.4. The maximum Gasteiger partial charge on any atom is 0.307 e. The summed E-state index contributed by atoms with van der Waals surface area (Å²) in [5.41, 5.74) is 0.224. The molecule has 1 aromatic rings. The zero-order valence-electron chi connectivity index (χ0n) is 18.6. The summed E-state index contributed by atoms with van der Waals surface area (Å²) in [6.07, 6.45) is 4.35. The van der Waals surface area contributed by atoms with Crippen LogP contribution in [0.3, 0.4) is 0 Å². The fraction of sp³-hybridized carbons (Fsp3) is 0.542. The Bertz CT molecular complexity index is 766. The van der Waals surface area contributed by atoms with Crippen molar-refractivity contribution in [2.45, 2.75) is 71.1 Å². The van der Waals surface area contributed by atoms with Crippen molar-refractivity contribution in [1.82, 2.24) is 4.90 Å². The fourth-order valence-corrected chi connectivity index (χ4v) is 3.42. The molecule has 1 heterocycles. The summed E-state index contributed by atoms with van der Waals surface area (Å²) in [6, 6.07) is 9.02. The van der Waals surface area contributed by atoms with E-state index in [0.29, 0.717) is 12.8 Å². The molecule has 1 aliphatic rings. The monoisotopic (exact) mass is 415 g/mol. The second-order valence-electron chi connectivity index (χ2n) is 8.74. The minimum absolute atomic E-state index is 0.00724. The number of esters is 2. The predicted octanol–water partition coefficient (Wildman–Crippen LogP) is 4.21. The Hall–Kier alpha value is -2.63. The van der Waals surface area contributed by atoms with Gasteiger partial charge in [-0.05, 0) is 46.1 Å². The van der Waals surface area contributed by atoms with Gasteiger partial charge in [-0.25, -0.2) is 0 Å². The lowest BCUT2D eigenvalue weighted by Crippen LogP contribution is -2.44. The Labute approximate surface area is 179 Å². The number of cyclic esters (lactones) is 1. The zero-order valence-corrected chi connectivity index (χ0v) is 18.6. The Balaban J connectivity index is 2.28. The Morgan fingerprint density at radius 1 is 1.17 bits per heavy atom. The third-order valence-electron chi connectivity index (χ3n) is 5.07. The van der Waals surface area contributed by atoms with Gasteiger partial charge in [0.15, 0.2) is 0 Å². The van der Waals surface area contributed by atoms with Gasteiger partial charge in [0.25, 0.3) is 0 Å². The highest BCUT2D eigenvalue weighted by molar-refractivity contribution is 5.84. The van der Waals surface area contributed by atoms with Gasteiger partial charge in [-0.2, -0.15) is 0 Å². The summed E-state index contributed by atoms with van der Waals surface area (Å²) >= 11 is 0. The highest BCUT2D eigenvalue weighted by Gasteiger charge is 2.33. The summed E-state index contributed by atoms with van der Waals surface area (Å²) < 4.78 is 11.2. The number of amides is 1. The van der Waals surface area contributed by atoms with Crippen LogP contribution in [0.4, 0.5) is 0 Å². The molecule has 164 valence electrons. The van der Waals surface area contributed by atoms with Crippen LogP contribution in [0.1, 0.15) is 65.0 Å². The fourth-order valence-electron chi connectivity index (χ4n) is 3.42.